The predicted octanol–water partition coefficient (Wildman–Crippen LogP) is 12.1. The second-order valence-electron chi connectivity index (χ2n) is 13.5. The van der Waals surface area contributed by atoms with Crippen LogP contribution in [0.3, 0.4) is 0 Å². The van der Waals surface area contributed by atoms with Gasteiger partial charge in [-0.05, 0) is 110 Å². The van der Waals surface area contributed by atoms with E-state index in [1.807, 2.05) is 39.8 Å². The van der Waals surface area contributed by atoms with Crippen LogP contribution >= 0.6 is 0 Å². The lowest BCUT2D eigenvalue weighted by Crippen LogP contribution is -2.37. The van der Waals surface area contributed by atoms with E-state index in [-0.39, 0.29) is 5.92 Å². The van der Waals surface area contributed by atoms with Gasteiger partial charge in [0, 0.05) is 24.2 Å². The SMILES string of the molecule is C#CC.C=C/C=C(/C)C(/C=C\C(C)c1c(N)c(N2C=C(C/C=C\C)C=CC2)c(-c2ccc(=C)/c(=C\C=C/C)c2)c2c1=CCCC=2)CC.C=C/C=C(/C)C=C.CC. The molecule has 1 aliphatic carbocycles. The molecule has 0 radical (unpaired) electrons. The molecule has 0 saturated heterocycles. The Balaban J connectivity index is 0.00000115. The van der Waals surface area contributed by atoms with Gasteiger partial charge >= 0.3 is 0 Å². The lowest BCUT2D eigenvalue weighted by Gasteiger charge is -2.31. The fourth-order valence-electron chi connectivity index (χ4n) is 6.60. The Morgan fingerprint density at radius 1 is 1.00 bits per heavy atom. The Labute approximate surface area is 341 Å². The number of allylic oxidation sites excluding steroid dienone is 15. The minimum Gasteiger partial charge on any atom is -0.397 e. The van der Waals surface area contributed by atoms with Crippen molar-refractivity contribution in [3.8, 4) is 23.5 Å². The zero-order valence-electron chi connectivity index (χ0n) is 36.2. The summed E-state index contributed by atoms with van der Waals surface area (Å²) in [5.74, 6) is 2.77. The molecule has 0 aromatic heterocycles. The van der Waals surface area contributed by atoms with E-state index in [1.54, 1.807) is 19.1 Å². The van der Waals surface area contributed by atoms with E-state index < -0.39 is 0 Å². The summed E-state index contributed by atoms with van der Waals surface area (Å²) in [5, 5.41) is 4.70. The molecule has 2 aromatic rings. The fourth-order valence-corrected chi connectivity index (χ4v) is 6.60. The first-order valence-corrected chi connectivity index (χ1v) is 20.2. The monoisotopic (exact) mass is 747 g/mol. The molecule has 2 aliphatic rings. The second-order valence-corrected chi connectivity index (χ2v) is 13.5. The van der Waals surface area contributed by atoms with Gasteiger partial charge in [-0.1, -0.05) is 175 Å². The van der Waals surface area contributed by atoms with Crippen molar-refractivity contribution in [3.05, 3.63) is 166 Å². The Morgan fingerprint density at radius 3 is 2.23 bits per heavy atom. The summed E-state index contributed by atoms with van der Waals surface area (Å²) >= 11 is 0. The van der Waals surface area contributed by atoms with Crippen LogP contribution in [0.1, 0.15) is 99.5 Å². The van der Waals surface area contributed by atoms with E-state index in [1.165, 1.54) is 38.3 Å². The first kappa shape index (κ1) is 48.5. The van der Waals surface area contributed by atoms with Gasteiger partial charge in [-0.3, -0.25) is 0 Å². The third kappa shape index (κ3) is 14.3. The summed E-state index contributed by atoms with van der Waals surface area (Å²) in [5.41, 5.74) is 16.7. The molecule has 1 heterocycles. The summed E-state index contributed by atoms with van der Waals surface area (Å²) in [7, 11) is 0. The van der Waals surface area contributed by atoms with Gasteiger partial charge in [-0.15, -0.1) is 12.3 Å². The fraction of sp³-hybridized carbons (Fsp3) is 0.296. The van der Waals surface area contributed by atoms with Crippen molar-refractivity contribution >= 4 is 36.2 Å². The van der Waals surface area contributed by atoms with Crippen LogP contribution in [0.2, 0.25) is 0 Å². The Kier molecular flexibility index (Phi) is 23.5. The highest BCUT2D eigenvalue weighted by Gasteiger charge is 2.24. The molecule has 0 saturated carbocycles. The quantitative estimate of drug-likeness (QED) is 0.0957. The molecular formula is C54H70N2. The molecule has 296 valence electrons. The smallest absolute Gasteiger partial charge is 0.0731 e. The van der Waals surface area contributed by atoms with Gasteiger partial charge in [0.1, 0.15) is 0 Å². The number of nitrogen functional groups attached to an aromatic ring is 1. The Hall–Kier alpha value is -5.52. The van der Waals surface area contributed by atoms with Gasteiger partial charge in [-0.2, -0.15) is 0 Å². The van der Waals surface area contributed by atoms with E-state index in [4.69, 9.17) is 5.73 Å². The van der Waals surface area contributed by atoms with Crippen molar-refractivity contribution in [1.29, 1.82) is 0 Å². The van der Waals surface area contributed by atoms with E-state index in [2.05, 4.69) is 169 Å². The molecule has 0 spiro atoms. The largest absolute Gasteiger partial charge is 0.397 e. The number of hydrogen-bond acceptors (Lipinski definition) is 2. The van der Waals surface area contributed by atoms with Gasteiger partial charge in [-0.25, -0.2) is 0 Å². The lowest BCUT2D eigenvalue weighted by molar-refractivity contribution is 0.720. The van der Waals surface area contributed by atoms with Crippen LogP contribution in [0, 0.1) is 18.3 Å². The number of nitrogens with zero attached hydrogens (tertiary/aromatic N) is 1. The molecule has 0 bridgehead atoms. The van der Waals surface area contributed by atoms with Crippen LogP contribution in [0.5, 0.6) is 0 Å². The first-order valence-electron chi connectivity index (χ1n) is 20.2. The zero-order chi connectivity index (χ0) is 42.0. The topological polar surface area (TPSA) is 29.3 Å². The maximum atomic E-state index is 7.38. The Bertz CT molecular complexity index is 2110. The molecule has 4 rings (SSSR count). The standard InChI is InChI=1S/C42H50N2.C7H10.C3H4.C2H6/c1-8-12-18-33-19-16-27-44(29-33)42-40(36-26-23-31(6)35(28-36)20-13-9-2)38-22-15-14-21-37(38)39(41(42)43)32(7)24-25-34(11-4)30(5)17-10-3;1-4-6-7(3)5-2;1-3-2;1-2/h8-10,12-13,16-17,19-26,28-29,32,34H,3,6,11,14-15,18,27,43H2,1-2,4-5,7H3;4-6H,1-2H2,3H3;1H,2H3;1-2H3/b12-8-,13-9-,25-24-,30-17-,35-20-;7-6-;;. The third-order valence-electron chi connectivity index (χ3n) is 9.43. The molecule has 2 heteroatoms. The van der Waals surface area contributed by atoms with Crippen LogP contribution in [-0.4, -0.2) is 6.54 Å². The van der Waals surface area contributed by atoms with Gasteiger partial charge < -0.3 is 10.6 Å². The highest BCUT2D eigenvalue weighted by molar-refractivity contribution is 5.91. The predicted molar refractivity (Wildman–Crippen MR) is 257 cm³/mol. The van der Waals surface area contributed by atoms with Crippen LogP contribution in [0.25, 0.3) is 35.9 Å². The molecule has 56 heavy (non-hydrogen) atoms. The van der Waals surface area contributed by atoms with Crippen molar-refractivity contribution in [2.24, 2.45) is 5.92 Å². The number of rotatable bonds is 13. The second kappa shape index (κ2) is 27.1. The number of fused-ring (bicyclic) bond motifs is 1. The van der Waals surface area contributed by atoms with Gasteiger partial charge in [0.2, 0.25) is 0 Å². The molecular weight excluding hydrogens is 677 g/mol. The minimum absolute atomic E-state index is 0.150. The molecule has 2 unspecified atom stereocenters. The number of benzene rings is 2. The summed E-state index contributed by atoms with van der Waals surface area (Å²) < 4.78 is 0. The average molecular weight is 747 g/mol. The summed E-state index contributed by atoms with van der Waals surface area (Å²) in [6.45, 7) is 34.5. The molecule has 0 amide bonds. The normalized spacial score (nSPS) is 15.0. The van der Waals surface area contributed by atoms with Gasteiger partial charge in [0.05, 0.1) is 11.4 Å². The number of hydrogen-bond donors (Lipinski definition) is 1. The molecule has 2 aromatic carbocycles. The van der Waals surface area contributed by atoms with E-state index >= 15 is 0 Å². The summed E-state index contributed by atoms with van der Waals surface area (Å²) in [6, 6.07) is 6.62. The lowest BCUT2D eigenvalue weighted by atomic mass is 9.85. The van der Waals surface area contributed by atoms with Gasteiger partial charge in [0.25, 0.3) is 0 Å². The molecule has 2 nitrogen and oxygen atoms in total. The zero-order valence-corrected chi connectivity index (χ0v) is 36.2. The molecule has 0 fully saturated rings. The first-order chi connectivity index (χ1) is 27.1. The highest BCUT2D eigenvalue weighted by atomic mass is 15.1. The van der Waals surface area contributed by atoms with Crippen molar-refractivity contribution in [3.63, 3.8) is 0 Å². The van der Waals surface area contributed by atoms with Crippen molar-refractivity contribution in [2.75, 3.05) is 17.2 Å². The van der Waals surface area contributed by atoms with E-state index in [9.17, 15) is 0 Å². The highest BCUT2D eigenvalue weighted by Crippen LogP contribution is 2.38. The maximum Gasteiger partial charge on any atom is 0.0731 e. The third-order valence-corrected chi connectivity index (χ3v) is 9.43. The molecule has 2 N–H and O–H groups in total. The van der Waals surface area contributed by atoms with Gasteiger partial charge in [0.15, 0.2) is 0 Å². The molecule has 1 aliphatic heterocycles. The summed E-state index contributed by atoms with van der Waals surface area (Å²) in [4.78, 5) is 2.37. The van der Waals surface area contributed by atoms with E-state index in [0.29, 0.717) is 5.92 Å². The maximum absolute atomic E-state index is 7.38. The number of anilines is 2. The number of nitrogens with two attached hydrogens (primary N) is 1. The van der Waals surface area contributed by atoms with E-state index in [0.717, 1.165) is 59.6 Å². The van der Waals surface area contributed by atoms with Crippen LogP contribution in [-0.2, 0) is 0 Å². The van der Waals surface area contributed by atoms with Crippen LogP contribution < -0.4 is 31.5 Å². The van der Waals surface area contributed by atoms with Crippen LogP contribution in [0.4, 0.5) is 11.4 Å². The summed E-state index contributed by atoms with van der Waals surface area (Å²) in [6.07, 6.45) is 45.0. The number of terminal acetylenes is 1. The van der Waals surface area contributed by atoms with Crippen molar-refractivity contribution in [2.45, 2.75) is 93.9 Å². The Morgan fingerprint density at radius 2 is 1.66 bits per heavy atom. The minimum atomic E-state index is 0.150. The van der Waals surface area contributed by atoms with Crippen LogP contribution in [0.15, 0.2) is 140 Å². The van der Waals surface area contributed by atoms with Crippen molar-refractivity contribution < 1.29 is 0 Å². The molecule has 2 atom stereocenters. The van der Waals surface area contributed by atoms with Crippen molar-refractivity contribution in [1.82, 2.24) is 0 Å². The average Bonchev–Trinajstić information content (AvgIpc) is 3.21.